The zero-order chi connectivity index (χ0) is 30.1. The SMILES string of the molecule is C[C@@H](COC(=O)[C@@H](N)Cc1ccc(OC(=O)OC(C)(C)C)c(OC(=O)OC(C)(C)C)c1)OC(=O)c1ccccc1. The van der Waals surface area contributed by atoms with E-state index in [1.54, 1.807) is 84.9 Å². The Labute approximate surface area is 233 Å². The number of hydrogen-bond donors (Lipinski definition) is 1. The number of carbonyl (C=O) groups excluding carboxylic acids is 4. The van der Waals surface area contributed by atoms with Crippen LogP contribution in [-0.4, -0.2) is 54.2 Å². The third-order valence-corrected chi connectivity index (χ3v) is 4.71. The zero-order valence-corrected chi connectivity index (χ0v) is 23.8. The van der Waals surface area contributed by atoms with Crippen molar-refractivity contribution in [1.82, 2.24) is 0 Å². The second-order valence-electron chi connectivity index (χ2n) is 10.9. The van der Waals surface area contributed by atoms with Crippen LogP contribution in [0.15, 0.2) is 48.5 Å². The van der Waals surface area contributed by atoms with E-state index < -0.39 is 47.6 Å². The van der Waals surface area contributed by atoms with Gasteiger partial charge in [0.1, 0.15) is 30.0 Å². The molecule has 0 saturated heterocycles. The Kier molecular flexibility index (Phi) is 11.1. The maximum atomic E-state index is 12.5. The molecule has 0 aliphatic heterocycles. The van der Waals surface area contributed by atoms with Crippen molar-refractivity contribution in [3.63, 3.8) is 0 Å². The summed E-state index contributed by atoms with van der Waals surface area (Å²) in [6.07, 6.45) is -2.74. The Morgan fingerprint density at radius 2 is 1.35 bits per heavy atom. The van der Waals surface area contributed by atoms with Crippen LogP contribution in [-0.2, 0) is 30.2 Å². The highest BCUT2D eigenvalue weighted by molar-refractivity contribution is 5.89. The van der Waals surface area contributed by atoms with E-state index in [4.69, 9.17) is 34.2 Å². The highest BCUT2D eigenvalue weighted by atomic mass is 16.8. The highest BCUT2D eigenvalue weighted by Crippen LogP contribution is 2.31. The maximum Gasteiger partial charge on any atom is 0.514 e. The molecule has 2 rings (SSSR count). The van der Waals surface area contributed by atoms with Gasteiger partial charge < -0.3 is 34.2 Å². The molecule has 0 spiro atoms. The molecule has 40 heavy (non-hydrogen) atoms. The number of carbonyl (C=O) groups is 4. The van der Waals surface area contributed by atoms with Crippen molar-refractivity contribution in [2.45, 2.75) is 78.2 Å². The quantitative estimate of drug-likeness (QED) is 0.252. The number of hydrogen-bond acceptors (Lipinski definition) is 11. The van der Waals surface area contributed by atoms with Crippen LogP contribution in [0.4, 0.5) is 9.59 Å². The van der Waals surface area contributed by atoms with Gasteiger partial charge in [0, 0.05) is 0 Å². The van der Waals surface area contributed by atoms with Crippen LogP contribution in [0.25, 0.3) is 0 Å². The smallest absolute Gasteiger partial charge is 0.461 e. The summed E-state index contributed by atoms with van der Waals surface area (Å²) in [5.74, 6) is -1.51. The van der Waals surface area contributed by atoms with E-state index >= 15 is 0 Å². The van der Waals surface area contributed by atoms with Crippen molar-refractivity contribution in [2.24, 2.45) is 5.73 Å². The average Bonchev–Trinajstić information content (AvgIpc) is 2.82. The Balaban J connectivity index is 2.05. The predicted molar refractivity (Wildman–Crippen MR) is 144 cm³/mol. The van der Waals surface area contributed by atoms with E-state index in [0.717, 1.165) is 0 Å². The third kappa shape index (κ3) is 11.7. The van der Waals surface area contributed by atoms with Crippen molar-refractivity contribution in [3.05, 3.63) is 59.7 Å². The van der Waals surface area contributed by atoms with Crippen LogP contribution in [0, 0.1) is 0 Å². The van der Waals surface area contributed by atoms with Crippen LogP contribution in [0.5, 0.6) is 11.5 Å². The first kappa shape index (κ1) is 32.1. The molecule has 218 valence electrons. The van der Waals surface area contributed by atoms with Crippen molar-refractivity contribution in [2.75, 3.05) is 6.61 Å². The molecule has 2 atom stereocenters. The summed E-state index contributed by atoms with van der Waals surface area (Å²) in [7, 11) is 0. The first-order valence-electron chi connectivity index (χ1n) is 12.7. The van der Waals surface area contributed by atoms with Crippen molar-refractivity contribution >= 4 is 24.2 Å². The van der Waals surface area contributed by atoms with Crippen LogP contribution in [0.3, 0.4) is 0 Å². The van der Waals surface area contributed by atoms with Crippen molar-refractivity contribution < 1.29 is 47.6 Å². The largest absolute Gasteiger partial charge is 0.514 e. The lowest BCUT2D eigenvalue weighted by Gasteiger charge is -2.21. The molecule has 0 unspecified atom stereocenters. The summed E-state index contributed by atoms with van der Waals surface area (Å²) in [5, 5.41) is 0. The molecule has 0 aromatic heterocycles. The second-order valence-corrected chi connectivity index (χ2v) is 10.9. The summed E-state index contributed by atoms with van der Waals surface area (Å²) < 4.78 is 31.4. The molecule has 0 aliphatic carbocycles. The lowest BCUT2D eigenvalue weighted by atomic mass is 10.1. The Morgan fingerprint density at radius 1 is 0.800 bits per heavy atom. The van der Waals surface area contributed by atoms with Crippen LogP contribution in [0.2, 0.25) is 0 Å². The summed E-state index contributed by atoms with van der Waals surface area (Å²) in [6.45, 7) is 11.4. The second kappa shape index (κ2) is 13.8. The fourth-order valence-electron chi connectivity index (χ4n) is 3.07. The zero-order valence-electron chi connectivity index (χ0n) is 23.8. The molecule has 11 nitrogen and oxygen atoms in total. The molecule has 11 heteroatoms. The monoisotopic (exact) mass is 559 g/mol. The number of esters is 2. The van der Waals surface area contributed by atoms with Gasteiger partial charge >= 0.3 is 24.2 Å². The minimum atomic E-state index is -1.09. The molecule has 0 radical (unpaired) electrons. The molecule has 0 bridgehead atoms. The van der Waals surface area contributed by atoms with Gasteiger partial charge in [0.2, 0.25) is 0 Å². The summed E-state index contributed by atoms with van der Waals surface area (Å²) in [5.41, 5.74) is 5.24. The Bertz CT molecular complexity index is 1180. The fraction of sp³-hybridized carbons (Fsp3) is 0.448. The van der Waals surface area contributed by atoms with Crippen molar-refractivity contribution in [3.8, 4) is 11.5 Å². The molecule has 0 saturated carbocycles. The van der Waals surface area contributed by atoms with E-state index in [2.05, 4.69) is 0 Å². The van der Waals surface area contributed by atoms with Gasteiger partial charge in [-0.25, -0.2) is 14.4 Å². The topological polar surface area (TPSA) is 150 Å². The number of ether oxygens (including phenoxy) is 6. The highest BCUT2D eigenvalue weighted by Gasteiger charge is 2.25. The molecular formula is C29H37NO10. The number of benzene rings is 2. The molecule has 0 aliphatic rings. The molecule has 2 aromatic carbocycles. The number of rotatable bonds is 9. The van der Waals surface area contributed by atoms with E-state index in [1.165, 1.54) is 12.1 Å². The molecule has 0 fully saturated rings. The van der Waals surface area contributed by atoms with E-state index in [9.17, 15) is 19.2 Å². The maximum absolute atomic E-state index is 12.5. The lowest BCUT2D eigenvalue weighted by Crippen LogP contribution is -2.36. The van der Waals surface area contributed by atoms with Gasteiger partial charge in [-0.05, 0) is 84.7 Å². The van der Waals surface area contributed by atoms with Gasteiger partial charge in [-0.15, -0.1) is 0 Å². The van der Waals surface area contributed by atoms with Gasteiger partial charge in [0.25, 0.3) is 0 Å². The van der Waals surface area contributed by atoms with Gasteiger partial charge in [-0.2, -0.15) is 0 Å². The predicted octanol–water partition coefficient (Wildman–Crippen LogP) is 4.97. The van der Waals surface area contributed by atoms with Gasteiger partial charge in [0.15, 0.2) is 11.5 Å². The molecular weight excluding hydrogens is 522 g/mol. The number of nitrogens with two attached hydrogens (primary N) is 1. The lowest BCUT2D eigenvalue weighted by molar-refractivity contribution is -0.148. The van der Waals surface area contributed by atoms with E-state index in [0.29, 0.717) is 11.1 Å². The first-order valence-corrected chi connectivity index (χ1v) is 12.7. The minimum Gasteiger partial charge on any atom is -0.461 e. The summed E-state index contributed by atoms with van der Waals surface area (Å²) in [6, 6.07) is 11.6. The summed E-state index contributed by atoms with van der Waals surface area (Å²) in [4.78, 5) is 49.1. The van der Waals surface area contributed by atoms with Gasteiger partial charge in [-0.3, -0.25) is 4.79 Å². The van der Waals surface area contributed by atoms with Crippen LogP contribution in [0.1, 0.15) is 64.4 Å². The van der Waals surface area contributed by atoms with E-state index in [-0.39, 0.29) is 24.5 Å². The van der Waals surface area contributed by atoms with Crippen molar-refractivity contribution in [1.29, 1.82) is 0 Å². The molecule has 2 aromatic rings. The van der Waals surface area contributed by atoms with Crippen LogP contribution >= 0.6 is 0 Å². The van der Waals surface area contributed by atoms with Gasteiger partial charge in [0.05, 0.1) is 5.56 Å². The average molecular weight is 560 g/mol. The van der Waals surface area contributed by atoms with E-state index in [1.807, 2.05) is 0 Å². The first-order chi connectivity index (χ1) is 18.5. The molecule has 2 N–H and O–H groups in total. The minimum absolute atomic E-state index is 0.00554. The van der Waals surface area contributed by atoms with Crippen LogP contribution < -0.4 is 15.2 Å². The molecule has 0 heterocycles. The summed E-state index contributed by atoms with van der Waals surface area (Å²) >= 11 is 0. The Hall–Kier alpha value is -4.12. The standard InChI is InChI=1S/C29H37NO10/c1-18(36-24(31)20-11-9-8-10-12-20)17-35-25(32)21(30)15-19-13-14-22(37-26(33)39-28(2,3)4)23(16-19)38-27(34)40-29(5,6)7/h8-14,16,18,21H,15,17,30H2,1-7H3/t18-,21-/m0/s1. The Morgan fingerprint density at radius 3 is 1.90 bits per heavy atom. The fourth-order valence-corrected chi connectivity index (χ4v) is 3.07. The third-order valence-electron chi connectivity index (χ3n) is 4.71. The normalized spacial score (nSPS) is 12.9. The van der Waals surface area contributed by atoms with Gasteiger partial charge in [-0.1, -0.05) is 24.3 Å². The molecule has 0 amide bonds.